The standard InChI is InChI=1S/C15H12OSe/c1-2-6-12(7-3-1)11-17-15-10-13-8-4-5-9-14(13)16-15/h1-10H,11H2. The molecule has 0 N–H and O–H groups in total. The van der Waals surface area contributed by atoms with Crippen molar-refractivity contribution in [3.63, 3.8) is 0 Å². The molecule has 17 heavy (non-hydrogen) atoms. The summed E-state index contributed by atoms with van der Waals surface area (Å²) in [5.41, 5.74) is 2.38. The maximum absolute atomic E-state index is 5.82. The van der Waals surface area contributed by atoms with Gasteiger partial charge in [-0.15, -0.1) is 0 Å². The first-order valence-electron chi connectivity index (χ1n) is 5.57. The first kappa shape index (κ1) is 10.6. The Morgan fingerprint density at radius 2 is 1.65 bits per heavy atom. The quantitative estimate of drug-likeness (QED) is 0.675. The van der Waals surface area contributed by atoms with E-state index in [-0.39, 0.29) is 0 Å². The van der Waals surface area contributed by atoms with Crippen molar-refractivity contribution < 1.29 is 4.42 Å². The number of hydrogen-bond acceptors (Lipinski definition) is 1. The third kappa shape index (κ3) is 2.44. The molecule has 0 saturated heterocycles. The summed E-state index contributed by atoms with van der Waals surface area (Å²) in [6.07, 6.45) is 0. The van der Waals surface area contributed by atoms with Crippen molar-refractivity contribution in [3.05, 3.63) is 66.2 Å². The second kappa shape index (κ2) is 4.78. The van der Waals surface area contributed by atoms with Crippen molar-refractivity contribution in [2.75, 3.05) is 0 Å². The Kier molecular flexibility index (Phi) is 2.99. The zero-order valence-electron chi connectivity index (χ0n) is 9.30. The number of hydrogen-bond donors (Lipinski definition) is 0. The molecule has 0 bridgehead atoms. The van der Waals surface area contributed by atoms with E-state index in [1.807, 2.05) is 18.2 Å². The summed E-state index contributed by atoms with van der Waals surface area (Å²) in [4.78, 5) is 0. The van der Waals surface area contributed by atoms with Crippen molar-refractivity contribution in [2.24, 2.45) is 0 Å². The Bertz CT molecular complexity index is 580. The molecule has 1 aromatic heterocycles. The van der Waals surface area contributed by atoms with Crippen LogP contribution in [0.1, 0.15) is 5.56 Å². The summed E-state index contributed by atoms with van der Waals surface area (Å²) in [5, 5.41) is 2.30. The predicted molar refractivity (Wildman–Crippen MR) is 71.7 cm³/mol. The van der Waals surface area contributed by atoms with Gasteiger partial charge in [-0.25, -0.2) is 0 Å². The normalized spacial score (nSPS) is 10.8. The van der Waals surface area contributed by atoms with Crippen LogP contribution in [-0.2, 0) is 5.32 Å². The first-order valence-corrected chi connectivity index (χ1v) is 7.64. The van der Waals surface area contributed by atoms with Gasteiger partial charge in [-0.3, -0.25) is 0 Å². The van der Waals surface area contributed by atoms with Gasteiger partial charge in [0, 0.05) is 0 Å². The number of para-hydroxylation sites is 1. The van der Waals surface area contributed by atoms with Crippen LogP contribution in [0.5, 0.6) is 0 Å². The Labute approximate surface area is 107 Å². The first-order chi connectivity index (χ1) is 8.42. The minimum atomic E-state index is 0.375. The third-order valence-electron chi connectivity index (χ3n) is 2.63. The predicted octanol–water partition coefficient (Wildman–Crippen LogP) is 2.96. The molecular formula is C15H12OSe. The molecule has 2 heteroatoms. The molecule has 1 heterocycles. The Morgan fingerprint density at radius 1 is 0.882 bits per heavy atom. The van der Waals surface area contributed by atoms with E-state index in [4.69, 9.17) is 4.42 Å². The Morgan fingerprint density at radius 3 is 2.47 bits per heavy atom. The SMILES string of the molecule is c1ccc(C[Se]c2cc3ccccc3o2)cc1. The summed E-state index contributed by atoms with van der Waals surface area (Å²) in [6.45, 7) is 0. The maximum atomic E-state index is 5.82. The molecule has 3 aromatic rings. The molecular weight excluding hydrogens is 275 g/mol. The summed E-state index contributed by atoms with van der Waals surface area (Å²) in [7, 11) is 0. The van der Waals surface area contributed by atoms with Gasteiger partial charge in [-0.1, -0.05) is 0 Å². The second-order valence-corrected chi connectivity index (χ2v) is 5.93. The zero-order valence-corrected chi connectivity index (χ0v) is 11.0. The molecule has 0 atom stereocenters. The van der Waals surface area contributed by atoms with Gasteiger partial charge < -0.3 is 0 Å². The average Bonchev–Trinajstić information content (AvgIpc) is 2.80. The van der Waals surface area contributed by atoms with Gasteiger partial charge in [0.15, 0.2) is 0 Å². The second-order valence-electron chi connectivity index (χ2n) is 3.88. The topological polar surface area (TPSA) is 13.1 Å². The molecule has 0 aliphatic heterocycles. The van der Waals surface area contributed by atoms with Crippen LogP contribution < -0.4 is 4.66 Å². The Balaban J connectivity index is 1.77. The van der Waals surface area contributed by atoms with Gasteiger partial charge in [0.2, 0.25) is 0 Å². The fourth-order valence-electron chi connectivity index (χ4n) is 1.76. The fraction of sp³-hybridized carbons (Fsp3) is 0.0667. The summed E-state index contributed by atoms with van der Waals surface area (Å²) in [6, 6.07) is 20.9. The molecule has 0 amide bonds. The van der Waals surface area contributed by atoms with Gasteiger partial charge >= 0.3 is 107 Å². The molecule has 1 nitrogen and oxygen atoms in total. The van der Waals surface area contributed by atoms with Crippen molar-refractivity contribution in [2.45, 2.75) is 5.32 Å². The average molecular weight is 287 g/mol. The van der Waals surface area contributed by atoms with E-state index >= 15 is 0 Å². The van der Waals surface area contributed by atoms with Gasteiger partial charge in [0.1, 0.15) is 0 Å². The van der Waals surface area contributed by atoms with Crippen LogP contribution in [-0.4, -0.2) is 15.0 Å². The van der Waals surface area contributed by atoms with Crippen LogP contribution in [0.3, 0.4) is 0 Å². The van der Waals surface area contributed by atoms with Gasteiger partial charge in [0.05, 0.1) is 0 Å². The molecule has 0 fully saturated rings. The van der Waals surface area contributed by atoms with E-state index in [9.17, 15) is 0 Å². The van der Waals surface area contributed by atoms with Crippen molar-refractivity contribution >= 4 is 30.6 Å². The van der Waals surface area contributed by atoms with E-state index in [2.05, 4.69) is 42.5 Å². The van der Waals surface area contributed by atoms with Crippen molar-refractivity contribution in [1.29, 1.82) is 0 Å². The van der Waals surface area contributed by atoms with Crippen molar-refractivity contribution in [1.82, 2.24) is 0 Å². The molecule has 0 unspecified atom stereocenters. The van der Waals surface area contributed by atoms with Crippen LogP contribution >= 0.6 is 0 Å². The van der Waals surface area contributed by atoms with Crippen molar-refractivity contribution in [3.8, 4) is 0 Å². The third-order valence-corrected chi connectivity index (χ3v) is 4.65. The van der Waals surface area contributed by atoms with E-state index in [1.54, 1.807) is 0 Å². The summed E-state index contributed by atoms with van der Waals surface area (Å²) < 4.78 is 6.94. The monoisotopic (exact) mass is 288 g/mol. The fourth-order valence-corrected chi connectivity index (χ4v) is 3.56. The molecule has 3 rings (SSSR count). The van der Waals surface area contributed by atoms with Gasteiger partial charge in [-0.2, -0.15) is 0 Å². The number of rotatable bonds is 3. The molecule has 0 radical (unpaired) electrons. The Hall–Kier alpha value is -1.50. The van der Waals surface area contributed by atoms with E-state index in [0.717, 1.165) is 15.6 Å². The number of benzene rings is 2. The van der Waals surface area contributed by atoms with E-state index in [1.165, 1.54) is 10.9 Å². The van der Waals surface area contributed by atoms with Crippen LogP contribution in [0, 0.1) is 0 Å². The number of fused-ring (bicyclic) bond motifs is 1. The molecule has 0 aliphatic rings. The molecule has 0 saturated carbocycles. The molecule has 0 spiro atoms. The zero-order chi connectivity index (χ0) is 11.5. The van der Waals surface area contributed by atoms with Crippen LogP contribution in [0.2, 0.25) is 0 Å². The van der Waals surface area contributed by atoms with Crippen LogP contribution in [0.15, 0.2) is 65.1 Å². The van der Waals surface area contributed by atoms with Crippen LogP contribution in [0.25, 0.3) is 11.0 Å². The van der Waals surface area contributed by atoms with Gasteiger partial charge in [0.25, 0.3) is 0 Å². The molecule has 84 valence electrons. The minimum absolute atomic E-state index is 0.375. The molecule has 2 aromatic carbocycles. The van der Waals surface area contributed by atoms with E-state index < -0.39 is 0 Å². The number of furan rings is 1. The summed E-state index contributed by atoms with van der Waals surface area (Å²) >= 11 is 0.375. The molecule has 0 aliphatic carbocycles. The summed E-state index contributed by atoms with van der Waals surface area (Å²) in [5.74, 6) is 0. The van der Waals surface area contributed by atoms with E-state index in [0.29, 0.717) is 15.0 Å². The van der Waals surface area contributed by atoms with Crippen LogP contribution in [0.4, 0.5) is 0 Å². The van der Waals surface area contributed by atoms with Gasteiger partial charge in [-0.05, 0) is 0 Å².